The second-order valence-electron chi connectivity index (χ2n) is 10.3. The van der Waals surface area contributed by atoms with E-state index in [-0.39, 0.29) is 73.6 Å². The molecule has 1 aromatic carbocycles. The zero-order valence-electron chi connectivity index (χ0n) is 27.0. The van der Waals surface area contributed by atoms with Gasteiger partial charge < -0.3 is 44.0 Å². The minimum absolute atomic E-state index is 0.0110. The molecule has 1 fully saturated rings. The molecule has 0 bridgehead atoms. The highest BCUT2D eigenvalue weighted by Gasteiger charge is 2.36. The Labute approximate surface area is 321 Å². The van der Waals surface area contributed by atoms with Gasteiger partial charge in [0.1, 0.15) is 32.5 Å². The van der Waals surface area contributed by atoms with Gasteiger partial charge in [-0.05, 0) is 67.8 Å². The number of hydrogen-bond acceptors (Lipinski definition) is 14. The Morgan fingerprint density at radius 1 is 0.714 bits per heavy atom. The zero-order valence-corrected chi connectivity index (χ0v) is 33.5. The standard InChI is InChI=1S/C29H34I3N3O14/c1-13(36)44-9-18(48-16(4)39)6-33-28(42)22-24(30)23(29(43)34-7-19(49-17(5)40)10-45-14(2)37)26(32)27(25(22)31)35-8-20(11-46-15(3)38)47-12-21(35)41/h18-20H,6-12H2,1-5H3,(H,33,42)(H,34,43). The molecular weight excluding hydrogens is 995 g/mol. The molecule has 1 heterocycles. The first-order valence-electron chi connectivity index (χ1n) is 14.4. The van der Waals surface area contributed by atoms with Gasteiger partial charge in [0, 0.05) is 38.2 Å². The smallest absolute Gasteiger partial charge is 0.303 e. The van der Waals surface area contributed by atoms with Gasteiger partial charge in [0.15, 0.2) is 12.2 Å². The van der Waals surface area contributed by atoms with Crippen LogP contribution >= 0.6 is 67.8 Å². The summed E-state index contributed by atoms with van der Waals surface area (Å²) in [5.74, 6) is -5.10. The number of nitrogens with one attached hydrogen (secondary N) is 2. The number of morpholine rings is 1. The van der Waals surface area contributed by atoms with E-state index in [2.05, 4.69) is 10.6 Å². The van der Waals surface area contributed by atoms with Crippen LogP contribution in [0.2, 0.25) is 0 Å². The molecule has 17 nitrogen and oxygen atoms in total. The van der Waals surface area contributed by atoms with E-state index in [0.29, 0.717) is 0 Å². The molecule has 3 unspecified atom stereocenters. The van der Waals surface area contributed by atoms with E-state index in [1.807, 2.05) is 67.8 Å². The lowest BCUT2D eigenvalue weighted by atomic mass is 10.1. The van der Waals surface area contributed by atoms with E-state index >= 15 is 0 Å². The molecule has 0 saturated carbocycles. The maximum Gasteiger partial charge on any atom is 0.303 e. The summed E-state index contributed by atoms with van der Waals surface area (Å²) in [7, 11) is 0. The Bertz CT molecular complexity index is 1410. The Morgan fingerprint density at radius 3 is 1.53 bits per heavy atom. The van der Waals surface area contributed by atoms with E-state index in [4.69, 9.17) is 28.4 Å². The lowest BCUT2D eigenvalue weighted by Crippen LogP contribution is -2.49. The van der Waals surface area contributed by atoms with Crippen LogP contribution in [-0.4, -0.2) is 112 Å². The molecule has 0 radical (unpaired) electrons. The van der Waals surface area contributed by atoms with Crippen LogP contribution in [0.25, 0.3) is 0 Å². The fourth-order valence-electron chi connectivity index (χ4n) is 4.19. The topological polar surface area (TPSA) is 219 Å². The summed E-state index contributed by atoms with van der Waals surface area (Å²) in [6, 6.07) is 0. The minimum Gasteiger partial charge on any atom is -0.463 e. The summed E-state index contributed by atoms with van der Waals surface area (Å²) in [5, 5.41) is 5.27. The molecule has 2 rings (SSSR count). The van der Waals surface area contributed by atoms with Crippen molar-refractivity contribution in [1.29, 1.82) is 0 Å². The molecule has 0 aromatic heterocycles. The maximum atomic E-state index is 13.8. The van der Waals surface area contributed by atoms with Gasteiger partial charge in [-0.25, -0.2) is 0 Å². The monoisotopic (exact) mass is 1030 g/mol. The minimum atomic E-state index is -1.04. The van der Waals surface area contributed by atoms with E-state index < -0.39 is 65.9 Å². The summed E-state index contributed by atoms with van der Waals surface area (Å²) in [4.78, 5) is 99.5. The molecule has 20 heteroatoms. The molecular formula is C29H34I3N3O14. The molecule has 1 saturated heterocycles. The largest absolute Gasteiger partial charge is 0.463 e. The summed E-state index contributed by atoms with van der Waals surface area (Å²) in [5.41, 5.74) is 0.178. The van der Waals surface area contributed by atoms with Gasteiger partial charge in [-0.15, -0.1) is 0 Å². The number of carbonyl (C=O) groups is 8. The predicted molar refractivity (Wildman–Crippen MR) is 192 cm³/mol. The Morgan fingerprint density at radius 2 is 1.14 bits per heavy atom. The fraction of sp³-hybridized carbons (Fsp3) is 0.517. The molecule has 0 aliphatic carbocycles. The predicted octanol–water partition coefficient (Wildman–Crippen LogP) is 1.24. The van der Waals surface area contributed by atoms with Crippen LogP contribution in [-0.2, 0) is 57.2 Å². The SMILES string of the molecule is CC(=O)OCC1CN(c2c(I)c(C(=O)NCC(COC(C)=O)OC(C)=O)c(I)c(C(=O)NCC(COC(C)=O)OC(C)=O)c2I)C(=O)CO1. The van der Waals surface area contributed by atoms with Crippen molar-refractivity contribution in [3.63, 3.8) is 0 Å². The van der Waals surface area contributed by atoms with Crippen molar-refractivity contribution in [3.05, 3.63) is 21.8 Å². The van der Waals surface area contributed by atoms with E-state index in [9.17, 15) is 38.4 Å². The number of ether oxygens (including phenoxy) is 6. The van der Waals surface area contributed by atoms with E-state index in [1.54, 1.807) is 0 Å². The van der Waals surface area contributed by atoms with E-state index in [0.717, 1.165) is 13.8 Å². The van der Waals surface area contributed by atoms with Crippen molar-refractivity contribution in [1.82, 2.24) is 10.6 Å². The lowest BCUT2D eigenvalue weighted by Gasteiger charge is -2.34. The average Bonchev–Trinajstić information content (AvgIpc) is 2.99. The third-order valence-corrected chi connectivity index (χ3v) is 9.39. The van der Waals surface area contributed by atoms with Crippen molar-refractivity contribution in [3.8, 4) is 0 Å². The fourth-order valence-corrected chi connectivity index (χ4v) is 8.92. The van der Waals surface area contributed by atoms with Crippen molar-refractivity contribution in [2.75, 3.05) is 51.0 Å². The van der Waals surface area contributed by atoms with Crippen molar-refractivity contribution < 1.29 is 66.8 Å². The summed E-state index contributed by atoms with van der Waals surface area (Å²) >= 11 is 5.58. The van der Waals surface area contributed by atoms with Gasteiger partial charge in [-0.2, -0.15) is 0 Å². The zero-order chi connectivity index (χ0) is 37.0. The van der Waals surface area contributed by atoms with Crippen molar-refractivity contribution in [2.45, 2.75) is 52.9 Å². The quantitative estimate of drug-likeness (QED) is 0.144. The van der Waals surface area contributed by atoms with Crippen molar-refractivity contribution >= 4 is 121 Å². The lowest BCUT2D eigenvalue weighted by molar-refractivity contribution is -0.155. The highest BCUT2D eigenvalue weighted by molar-refractivity contribution is 14.1. The van der Waals surface area contributed by atoms with Gasteiger partial charge in [0.05, 0.1) is 43.6 Å². The van der Waals surface area contributed by atoms with Gasteiger partial charge >= 0.3 is 29.8 Å². The van der Waals surface area contributed by atoms with Crippen LogP contribution in [0.5, 0.6) is 0 Å². The molecule has 1 aliphatic rings. The number of benzene rings is 1. The number of esters is 5. The van der Waals surface area contributed by atoms with Crippen LogP contribution in [0, 0.1) is 10.7 Å². The molecule has 49 heavy (non-hydrogen) atoms. The Hall–Kier alpha value is -2.87. The molecule has 3 amide bonds. The molecule has 2 N–H and O–H groups in total. The first-order chi connectivity index (χ1) is 22.9. The maximum absolute atomic E-state index is 13.8. The molecule has 1 aromatic rings. The number of nitrogens with zero attached hydrogens (tertiary/aromatic N) is 1. The van der Waals surface area contributed by atoms with E-state index in [1.165, 1.54) is 25.7 Å². The first-order valence-corrected chi connectivity index (χ1v) is 17.6. The van der Waals surface area contributed by atoms with Crippen LogP contribution < -0.4 is 15.5 Å². The summed E-state index contributed by atoms with van der Waals surface area (Å²) in [6.07, 6.45) is -2.80. The number of hydrogen-bond donors (Lipinski definition) is 2. The molecule has 1 aliphatic heterocycles. The van der Waals surface area contributed by atoms with Gasteiger partial charge in [-0.1, -0.05) is 0 Å². The third kappa shape index (κ3) is 13.4. The van der Waals surface area contributed by atoms with Crippen LogP contribution in [0.15, 0.2) is 0 Å². The first kappa shape index (κ1) is 42.3. The summed E-state index contributed by atoms with van der Waals surface area (Å²) in [6.45, 7) is 4.01. The molecule has 270 valence electrons. The number of amides is 3. The van der Waals surface area contributed by atoms with Crippen LogP contribution in [0.4, 0.5) is 5.69 Å². The molecule has 0 spiro atoms. The highest BCUT2D eigenvalue weighted by atomic mass is 127. The van der Waals surface area contributed by atoms with Gasteiger partial charge in [0.25, 0.3) is 17.7 Å². The van der Waals surface area contributed by atoms with Crippen LogP contribution in [0.3, 0.4) is 0 Å². The van der Waals surface area contributed by atoms with Crippen LogP contribution in [0.1, 0.15) is 55.3 Å². The number of carbonyl (C=O) groups excluding carboxylic acids is 8. The van der Waals surface area contributed by atoms with Gasteiger partial charge in [-0.3, -0.25) is 38.4 Å². The van der Waals surface area contributed by atoms with Crippen molar-refractivity contribution in [2.24, 2.45) is 0 Å². The second-order valence-corrected chi connectivity index (χ2v) is 13.5. The number of anilines is 1. The number of rotatable bonds is 15. The second kappa shape index (κ2) is 20.1. The summed E-state index contributed by atoms with van der Waals surface area (Å²) < 4.78 is 31.5. The average molecular weight is 1030 g/mol. The van der Waals surface area contributed by atoms with Gasteiger partial charge in [0.2, 0.25) is 0 Å². The third-order valence-electron chi connectivity index (χ3n) is 6.21. The molecule has 3 atom stereocenters. The normalized spacial score (nSPS) is 15.3. The highest BCUT2D eigenvalue weighted by Crippen LogP contribution is 2.39. The Balaban J connectivity index is 2.59. The Kier molecular flexibility index (Phi) is 17.3. The number of halogens is 3.